The molecule has 0 radical (unpaired) electrons. The van der Waals surface area contributed by atoms with E-state index < -0.39 is 0 Å². The zero-order valence-corrected chi connectivity index (χ0v) is 9.68. The topological polar surface area (TPSA) is 20.7 Å². The molecule has 0 saturated carbocycles. The lowest BCUT2D eigenvalue weighted by Crippen LogP contribution is -1.99. The van der Waals surface area contributed by atoms with E-state index in [0.29, 0.717) is 0 Å². The van der Waals surface area contributed by atoms with Crippen LogP contribution in [0.4, 0.5) is 0 Å². The van der Waals surface area contributed by atoms with Gasteiger partial charge in [-0.2, -0.15) is 0 Å². The molecule has 0 unspecified atom stereocenters. The van der Waals surface area contributed by atoms with Gasteiger partial charge in [-0.1, -0.05) is 23.7 Å². The average molecular weight is 239 g/mol. The molecule has 15 heavy (non-hydrogen) atoms. The third-order valence-electron chi connectivity index (χ3n) is 2.28. The van der Waals surface area contributed by atoms with E-state index in [9.17, 15) is 0 Å². The summed E-state index contributed by atoms with van der Waals surface area (Å²) in [6.45, 7) is 0.893. The minimum Gasteiger partial charge on any atom is -0.337 e. The lowest BCUT2D eigenvalue weighted by Gasteiger charge is -2.02. The van der Waals surface area contributed by atoms with Gasteiger partial charge in [-0.25, -0.2) is 0 Å². The molecule has 0 amide bonds. The van der Waals surface area contributed by atoms with Crippen LogP contribution in [0.5, 0.6) is 0 Å². The minimum atomic E-state index is 0.768. The second-order valence-corrected chi connectivity index (χ2v) is 4.16. The van der Waals surface area contributed by atoms with Crippen molar-refractivity contribution in [2.45, 2.75) is 13.0 Å². The van der Waals surface area contributed by atoms with Crippen molar-refractivity contribution in [3.8, 4) is 0 Å². The molecule has 1 aromatic carbocycles. The first-order chi connectivity index (χ1) is 7.25. The Morgan fingerprint density at radius 3 is 2.60 bits per heavy atom. The van der Waals surface area contributed by atoms with Crippen molar-refractivity contribution in [2.24, 2.45) is 0 Å². The van der Waals surface area contributed by atoms with E-state index in [1.807, 2.05) is 41.2 Å². The van der Waals surface area contributed by atoms with Crippen LogP contribution in [0.15, 0.2) is 36.7 Å². The van der Waals surface area contributed by atoms with Gasteiger partial charge in [0, 0.05) is 24.0 Å². The fraction of sp³-hybridized carbons (Fsp3) is 0.182. The highest BCUT2D eigenvalue weighted by Gasteiger charge is 1.95. The average Bonchev–Trinajstić information content (AvgIpc) is 2.63. The van der Waals surface area contributed by atoms with Crippen molar-refractivity contribution in [3.63, 3.8) is 0 Å². The number of aryl methyl sites for hydroxylation is 2. The van der Waals surface area contributed by atoms with Crippen LogP contribution in [0.3, 0.4) is 0 Å². The maximum atomic E-state index is 5.81. The molecule has 1 aromatic heterocycles. The normalized spacial score (nSPS) is 10.5. The highest BCUT2D eigenvalue weighted by atomic mass is 35.5. The zero-order valence-electron chi connectivity index (χ0n) is 8.11. The molecule has 0 aliphatic carbocycles. The summed E-state index contributed by atoms with van der Waals surface area (Å²) in [6, 6.07) is 7.90. The third-order valence-corrected chi connectivity index (χ3v) is 2.88. The van der Waals surface area contributed by atoms with Crippen LogP contribution >= 0.6 is 23.8 Å². The molecule has 0 aliphatic rings. The van der Waals surface area contributed by atoms with Gasteiger partial charge in [-0.3, -0.25) is 0 Å². The molecule has 78 valence electrons. The third kappa shape index (κ3) is 2.70. The van der Waals surface area contributed by atoms with Crippen molar-refractivity contribution in [1.82, 2.24) is 9.55 Å². The highest BCUT2D eigenvalue weighted by molar-refractivity contribution is 7.71. The lowest BCUT2D eigenvalue weighted by atomic mass is 10.1. The minimum absolute atomic E-state index is 0.768. The zero-order chi connectivity index (χ0) is 10.7. The molecular formula is C11H11ClN2S. The first kappa shape index (κ1) is 10.5. The smallest absolute Gasteiger partial charge is 0.177 e. The summed E-state index contributed by atoms with van der Waals surface area (Å²) in [5.41, 5.74) is 1.27. The van der Waals surface area contributed by atoms with Gasteiger partial charge < -0.3 is 9.55 Å². The van der Waals surface area contributed by atoms with Gasteiger partial charge in [0.25, 0.3) is 0 Å². The van der Waals surface area contributed by atoms with Crippen LogP contribution in [0.25, 0.3) is 0 Å². The Morgan fingerprint density at radius 1 is 1.27 bits per heavy atom. The molecule has 0 aliphatic heterocycles. The number of nitrogens with one attached hydrogen (secondary N) is 1. The summed E-state index contributed by atoms with van der Waals surface area (Å²) in [5.74, 6) is 0. The van der Waals surface area contributed by atoms with Gasteiger partial charge in [-0.05, 0) is 36.3 Å². The molecular weight excluding hydrogens is 228 g/mol. The van der Waals surface area contributed by atoms with Crippen LogP contribution < -0.4 is 0 Å². The molecule has 0 spiro atoms. The lowest BCUT2D eigenvalue weighted by molar-refractivity contribution is 0.687. The highest BCUT2D eigenvalue weighted by Crippen LogP contribution is 2.10. The fourth-order valence-electron chi connectivity index (χ4n) is 1.43. The van der Waals surface area contributed by atoms with E-state index in [1.165, 1.54) is 5.56 Å². The van der Waals surface area contributed by atoms with Crippen molar-refractivity contribution >= 4 is 23.8 Å². The van der Waals surface area contributed by atoms with Gasteiger partial charge in [0.2, 0.25) is 0 Å². The number of hydrogen-bond acceptors (Lipinski definition) is 1. The number of benzene rings is 1. The SMILES string of the molecule is S=c1[nH]ccn1CCc1ccc(Cl)cc1. The number of nitrogens with zero attached hydrogens (tertiary/aromatic N) is 1. The van der Waals surface area contributed by atoms with E-state index in [1.54, 1.807) is 0 Å². The molecule has 0 bridgehead atoms. The van der Waals surface area contributed by atoms with E-state index in [-0.39, 0.29) is 0 Å². The number of aromatic amines is 1. The maximum Gasteiger partial charge on any atom is 0.177 e. The largest absolute Gasteiger partial charge is 0.337 e. The Morgan fingerprint density at radius 2 is 2.00 bits per heavy atom. The summed E-state index contributed by atoms with van der Waals surface area (Å²) in [7, 11) is 0. The fourth-order valence-corrected chi connectivity index (χ4v) is 1.77. The van der Waals surface area contributed by atoms with Crippen LogP contribution in [0.1, 0.15) is 5.56 Å². The van der Waals surface area contributed by atoms with Gasteiger partial charge in [0.15, 0.2) is 4.77 Å². The Hall–Kier alpha value is -1.06. The first-order valence-corrected chi connectivity index (χ1v) is 5.52. The first-order valence-electron chi connectivity index (χ1n) is 4.74. The Balaban J connectivity index is 2.02. The number of imidazole rings is 1. The molecule has 0 fully saturated rings. The van der Waals surface area contributed by atoms with Gasteiger partial charge in [-0.15, -0.1) is 0 Å². The molecule has 2 aromatic rings. The van der Waals surface area contributed by atoms with Gasteiger partial charge >= 0.3 is 0 Å². The molecule has 2 nitrogen and oxygen atoms in total. The molecule has 0 saturated heterocycles. The Bertz CT molecular complexity index is 484. The molecule has 2 rings (SSSR count). The van der Waals surface area contributed by atoms with Crippen LogP contribution in [-0.2, 0) is 13.0 Å². The predicted octanol–water partition coefficient (Wildman–Crippen LogP) is 3.44. The monoisotopic (exact) mass is 238 g/mol. The number of aromatic nitrogens is 2. The van der Waals surface area contributed by atoms with E-state index >= 15 is 0 Å². The molecule has 0 atom stereocenters. The van der Waals surface area contributed by atoms with Crippen molar-refractivity contribution in [3.05, 3.63) is 52.0 Å². The Kier molecular flexibility index (Phi) is 3.23. The predicted molar refractivity (Wildman–Crippen MR) is 64.8 cm³/mol. The summed E-state index contributed by atoms with van der Waals surface area (Å²) in [6.07, 6.45) is 4.77. The van der Waals surface area contributed by atoms with E-state index in [4.69, 9.17) is 23.8 Å². The standard InChI is InChI=1S/C11H11ClN2S/c12-10-3-1-9(2-4-10)5-7-14-8-6-13-11(14)15/h1-4,6,8H,5,7H2,(H,13,15). The molecule has 1 N–H and O–H groups in total. The van der Waals surface area contributed by atoms with E-state index in [2.05, 4.69) is 4.98 Å². The second kappa shape index (κ2) is 4.64. The van der Waals surface area contributed by atoms with Gasteiger partial charge in [0.1, 0.15) is 0 Å². The second-order valence-electron chi connectivity index (χ2n) is 3.34. The number of halogens is 1. The van der Waals surface area contributed by atoms with Crippen LogP contribution in [0, 0.1) is 4.77 Å². The maximum absolute atomic E-state index is 5.81. The summed E-state index contributed by atoms with van der Waals surface area (Å²) < 4.78 is 2.79. The molecule has 1 heterocycles. The Labute approximate surface area is 98.5 Å². The quantitative estimate of drug-likeness (QED) is 0.813. The van der Waals surface area contributed by atoms with Gasteiger partial charge in [0.05, 0.1) is 0 Å². The number of rotatable bonds is 3. The summed E-state index contributed by atoms with van der Waals surface area (Å²) >= 11 is 10.9. The van der Waals surface area contributed by atoms with Crippen LogP contribution in [-0.4, -0.2) is 9.55 Å². The summed E-state index contributed by atoms with van der Waals surface area (Å²) in [4.78, 5) is 2.97. The molecule has 4 heteroatoms. The number of H-pyrrole nitrogens is 1. The van der Waals surface area contributed by atoms with Crippen molar-refractivity contribution < 1.29 is 0 Å². The van der Waals surface area contributed by atoms with E-state index in [0.717, 1.165) is 22.8 Å². The van der Waals surface area contributed by atoms with Crippen molar-refractivity contribution in [1.29, 1.82) is 0 Å². The summed E-state index contributed by atoms with van der Waals surface area (Å²) in [5, 5.41) is 0.775. The number of hydrogen-bond donors (Lipinski definition) is 1. The van der Waals surface area contributed by atoms with Crippen molar-refractivity contribution in [2.75, 3.05) is 0 Å². The van der Waals surface area contributed by atoms with Crippen LogP contribution in [0.2, 0.25) is 5.02 Å².